The Kier molecular flexibility index (Phi) is 5.59. The molecule has 0 spiro atoms. The molecule has 2 heterocycles. The Bertz CT molecular complexity index is 415. The van der Waals surface area contributed by atoms with Crippen molar-refractivity contribution in [2.75, 3.05) is 37.3 Å². The Hall–Kier alpha value is -1.36. The van der Waals surface area contributed by atoms with Crippen LogP contribution in [0.15, 0.2) is 6.33 Å². The Morgan fingerprint density at radius 3 is 2.60 bits per heavy atom. The molecule has 1 saturated heterocycles. The smallest absolute Gasteiger partial charge is 0.134 e. The van der Waals surface area contributed by atoms with Gasteiger partial charge in [0.15, 0.2) is 0 Å². The van der Waals surface area contributed by atoms with E-state index in [0.29, 0.717) is 6.04 Å². The molecule has 5 heteroatoms. The van der Waals surface area contributed by atoms with Gasteiger partial charge in [0.25, 0.3) is 0 Å². The fourth-order valence-electron chi connectivity index (χ4n) is 2.82. The highest BCUT2D eigenvalue weighted by atomic mass is 15.2. The van der Waals surface area contributed by atoms with Crippen LogP contribution in [0.4, 0.5) is 11.6 Å². The van der Waals surface area contributed by atoms with E-state index < -0.39 is 0 Å². The van der Waals surface area contributed by atoms with E-state index >= 15 is 0 Å². The Morgan fingerprint density at radius 1 is 1.25 bits per heavy atom. The quantitative estimate of drug-likeness (QED) is 0.801. The van der Waals surface area contributed by atoms with Gasteiger partial charge in [-0.25, -0.2) is 9.97 Å². The highest BCUT2D eigenvalue weighted by Gasteiger charge is 2.18. The lowest BCUT2D eigenvalue weighted by Crippen LogP contribution is -2.35. The average Bonchev–Trinajstić information content (AvgIpc) is 3.00. The van der Waals surface area contributed by atoms with Gasteiger partial charge in [0, 0.05) is 25.2 Å². The minimum absolute atomic E-state index is 0.556. The molecule has 0 bridgehead atoms. The summed E-state index contributed by atoms with van der Waals surface area (Å²) >= 11 is 0. The van der Waals surface area contributed by atoms with Crippen LogP contribution in [-0.2, 0) is 6.42 Å². The maximum atomic E-state index is 4.42. The lowest BCUT2D eigenvalue weighted by molar-refractivity contribution is 0.269. The first kappa shape index (κ1) is 15.0. The maximum Gasteiger partial charge on any atom is 0.134 e. The van der Waals surface area contributed by atoms with Crippen LogP contribution in [0, 0.1) is 0 Å². The second kappa shape index (κ2) is 7.43. The molecule has 2 rings (SSSR count). The molecular formula is C15H27N5. The minimum Gasteiger partial charge on any atom is -0.373 e. The van der Waals surface area contributed by atoms with Gasteiger partial charge in [-0.15, -0.1) is 0 Å². The molecule has 0 amide bonds. The van der Waals surface area contributed by atoms with Gasteiger partial charge in [0.05, 0.1) is 0 Å². The third kappa shape index (κ3) is 3.60. The zero-order chi connectivity index (χ0) is 14.4. The van der Waals surface area contributed by atoms with Crippen molar-refractivity contribution in [2.24, 2.45) is 0 Å². The van der Waals surface area contributed by atoms with Crippen LogP contribution in [0.5, 0.6) is 0 Å². The third-order valence-electron chi connectivity index (χ3n) is 4.01. The van der Waals surface area contributed by atoms with Crippen LogP contribution < -0.4 is 10.6 Å². The van der Waals surface area contributed by atoms with Crippen LogP contribution in [0.2, 0.25) is 0 Å². The van der Waals surface area contributed by atoms with Crippen LogP contribution in [0.1, 0.15) is 38.7 Å². The fourth-order valence-corrected chi connectivity index (χ4v) is 2.82. The monoisotopic (exact) mass is 277 g/mol. The summed E-state index contributed by atoms with van der Waals surface area (Å²) in [6.07, 6.45) is 6.40. The molecule has 1 aromatic heterocycles. The SMILES string of the molecule is CCCc1c(NC)ncnc1NCC(C)N1CCCC1. The summed E-state index contributed by atoms with van der Waals surface area (Å²) in [5, 5.41) is 6.68. The van der Waals surface area contributed by atoms with Crippen LogP contribution in [0.3, 0.4) is 0 Å². The molecule has 1 atom stereocenters. The molecule has 1 aliphatic rings. The summed E-state index contributed by atoms with van der Waals surface area (Å²) in [6, 6.07) is 0.556. The topological polar surface area (TPSA) is 53.1 Å². The van der Waals surface area contributed by atoms with Crippen LogP contribution >= 0.6 is 0 Å². The molecule has 5 nitrogen and oxygen atoms in total. The molecule has 2 N–H and O–H groups in total. The van der Waals surface area contributed by atoms with Crippen molar-refractivity contribution < 1.29 is 0 Å². The van der Waals surface area contributed by atoms with E-state index in [2.05, 4.69) is 39.3 Å². The summed E-state index contributed by atoms with van der Waals surface area (Å²) in [6.45, 7) is 7.88. The van der Waals surface area contributed by atoms with Gasteiger partial charge in [0.2, 0.25) is 0 Å². The van der Waals surface area contributed by atoms with Gasteiger partial charge in [0.1, 0.15) is 18.0 Å². The molecular weight excluding hydrogens is 250 g/mol. The van der Waals surface area contributed by atoms with Gasteiger partial charge in [-0.1, -0.05) is 13.3 Å². The van der Waals surface area contributed by atoms with Crippen LogP contribution in [-0.4, -0.2) is 47.6 Å². The summed E-state index contributed by atoms with van der Waals surface area (Å²) in [5.41, 5.74) is 1.20. The Balaban J connectivity index is 2.00. The van der Waals surface area contributed by atoms with Crippen molar-refractivity contribution in [3.05, 3.63) is 11.9 Å². The first-order chi connectivity index (χ1) is 9.76. The molecule has 1 aromatic rings. The molecule has 0 radical (unpaired) electrons. The van der Waals surface area contributed by atoms with Gasteiger partial charge in [-0.3, -0.25) is 4.90 Å². The van der Waals surface area contributed by atoms with Gasteiger partial charge in [-0.2, -0.15) is 0 Å². The van der Waals surface area contributed by atoms with E-state index in [1.807, 2.05) is 7.05 Å². The van der Waals surface area contributed by atoms with Crippen molar-refractivity contribution in [1.29, 1.82) is 0 Å². The van der Waals surface area contributed by atoms with Crippen molar-refractivity contribution in [1.82, 2.24) is 14.9 Å². The van der Waals surface area contributed by atoms with Crippen LogP contribution in [0.25, 0.3) is 0 Å². The lowest BCUT2D eigenvalue weighted by Gasteiger charge is -2.24. The lowest BCUT2D eigenvalue weighted by atomic mass is 10.1. The van der Waals surface area contributed by atoms with Crippen molar-refractivity contribution >= 4 is 11.6 Å². The van der Waals surface area contributed by atoms with E-state index in [1.54, 1.807) is 6.33 Å². The number of nitrogens with one attached hydrogen (secondary N) is 2. The first-order valence-corrected chi connectivity index (χ1v) is 7.75. The van der Waals surface area contributed by atoms with E-state index in [-0.39, 0.29) is 0 Å². The minimum atomic E-state index is 0.556. The number of nitrogens with zero attached hydrogens (tertiary/aromatic N) is 3. The highest BCUT2D eigenvalue weighted by Crippen LogP contribution is 2.21. The predicted molar refractivity (Wildman–Crippen MR) is 84.3 cm³/mol. The number of hydrogen-bond acceptors (Lipinski definition) is 5. The summed E-state index contributed by atoms with van der Waals surface area (Å²) in [5.74, 6) is 1.93. The molecule has 0 aliphatic carbocycles. The molecule has 1 unspecified atom stereocenters. The zero-order valence-electron chi connectivity index (χ0n) is 12.9. The third-order valence-corrected chi connectivity index (χ3v) is 4.01. The highest BCUT2D eigenvalue weighted by molar-refractivity contribution is 5.57. The van der Waals surface area contributed by atoms with Crippen molar-refractivity contribution in [3.8, 4) is 0 Å². The van der Waals surface area contributed by atoms with Crippen molar-refractivity contribution in [3.63, 3.8) is 0 Å². The van der Waals surface area contributed by atoms with E-state index in [1.165, 1.54) is 31.5 Å². The zero-order valence-corrected chi connectivity index (χ0v) is 12.9. The van der Waals surface area contributed by atoms with E-state index in [0.717, 1.165) is 31.0 Å². The molecule has 0 saturated carbocycles. The molecule has 1 fully saturated rings. The first-order valence-electron chi connectivity index (χ1n) is 7.75. The summed E-state index contributed by atoms with van der Waals surface area (Å²) in [7, 11) is 1.91. The van der Waals surface area contributed by atoms with Crippen molar-refractivity contribution in [2.45, 2.75) is 45.6 Å². The number of rotatable bonds is 7. The molecule has 1 aliphatic heterocycles. The second-order valence-corrected chi connectivity index (χ2v) is 5.52. The Labute approximate surface area is 122 Å². The number of hydrogen-bond donors (Lipinski definition) is 2. The van der Waals surface area contributed by atoms with Gasteiger partial charge in [-0.05, 0) is 39.3 Å². The average molecular weight is 277 g/mol. The largest absolute Gasteiger partial charge is 0.373 e. The van der Waals surface area contributed by atoms with Gasteiger partial charge >= 0.3 is 0 Å². The molecule has 112 valence electrons. The Morgan fingerprint density at radius 2 is 1.95 bits per heavy atom. The number of anilines is 2. The maximum absolute atomic E-state index is 4.42. The summed E-state index contributed by atoms with van der Waals surface area (Å²) in [4.78, 5) is 11.3. The molecule has 20 heavy (non-hydrogen) atoms. The van der Waals surface area contributed by atoms with Gasteiger partial charge < -0.3 is 10.6 Å². The normalized spacial score (nSPS) is 17.1. The standard InChI is InChI=1S/C15H27N5/c1-4-7-13-14(16-3)18-11-19-15(13)17-10-12(2)20-8-5-6-9-20/h11-12H,4-10H2,1-3H3,(H2,16,17,18,19). The number of aromatic nitrogens is 2. The fraction of sp³-hybridized carbons (Fsp3) is 0.733. The second-order valence-electron chi connectivity index (χ2n) is 5.52. The predicted octanol–water partition coefficient (Wildman–Crippen LogP) is 2.37. The molecule has 0 aromatic carbocycles. The number of likely N-dealkylation sites (tertiary alicyclic amines) is 1. The van der Waals surface area contributed by atoms with E-state index in [9.17, 15) is 0 Å². The summed E-state index contributed by atoms with van der Waals surface area (Å²) < 4.78 is 0. The van der Waals surface area contributed by atoms with E-state index in [4.69, 9.17) is 0 Å².